The number of nitrogens with zero attached hydrogens (tertiary/aromatic N) is 1. The Hall–Kier alpha value is -1.69. The second-order valence-corrected chi connectivity index (χ2v) is 4.53. The normalized spacial score (nSPS) is 9.83. The summed E-state index contributed by atoms with van der Waals surface area (Å²) in [5.41, 5.74) is 0.861. The van der Waals surface area contributed by atoms with Gasteiger partial charge in [-0.2, -0.15) is 0 Å². The lowest BCUT2D eigenvalue weighted by Gasteiger charge is -2.18. The molecule has 18 heavy (non-hydrogen) atoms. The van der Waals surface area contributed by atoms with E-state index < -0.39 is 5.97 Å². The van der Waals surface area contributed by atoms with E-state index >= 15 is 0 Å². The highest BCUT2D eigenvalue weighted by Crippen LogP contribution is 2.22. The summed E-state index contributed by atoms with van der Waals surface area (Å²) in [4.78, 5) is 33.6. The van der Waals surface area contributed by atoms with Crippen molar-refractivity contribution in [3.05, 3.63) is 28.2 Å². The van der Waals surface area contributed by atoms with Crippen LogP contribution in [-0.2, 0) is 9.59 Å². The van der Waals surface area contributed by atoms with Crippen LogP contribution in [0.5, 0.6) is 0 Å². The summed E-state index contributed by atoms with van der Waals surface area (Å²) in [6, 6.07) is 4.97. The topological polar surface area (TPSA) is 74.7 Å². The Morgan fingerprint density at radius 1 is 1.39 bits per heavy atom. The number of hydrogen-bond donors (Lipinski definition) is 1. The Kier molecular flexibility index (Phi) is 5.51. The van der Waals surface area contributed by atoms with Crippen LogP contribution in [0.25, 0.3) is 0 Å². The molecular formula is C12H12BrNO4. The minimum atomic E-state index is -0.910. The molecule has 0 aliphatic rings. The predicted molar refractivity (Wildman–Crippen MR) is 69.8 cm³/mol. The summed E-state index contributed by atoms with van der Waals surface area (Å²) < 4.78 is 0.740. The summed E-state index contributed by atoms with van der Waals surface area (Å²) in [7, 11) is 0. The van der Waals surface area contributed by atoms with Gasteiger partial charge in [0.05, 0.1) is 5.69 Å². The van der Waals surface area contributed by atoms with Crippen LogP contribution in [0.2, 0.25) is 0 Å². The fourth-order valence-corrected chi connectivity index (χ4v) is 1.89. The number of carbonyl (C=O) groups excluding carboxylic acids is 2. The third kappa shape index (κ3) is 3.96. The highest BCUT2D eigenvalue weighted by atomic mass is 79.9. The molecule has 1 rings (SSSR count). The molecule has 96 valence electrons. The third-order valence-electron chi connectivity index (χ3n) is 2.34. The van der Waals surface area contributed by atoms with Crippen molar-refractivity contribution in [2.24, 2.45) is 0 Å². The van der Waals surface area contributed by atoms with Gasteiger partial charge in [-0.15, -0.1) is 0 Å². The number of carboxylic acid groups (broad SMARTS) is 1. The van der Waals surface area contributed by atoms with Crippen LogP contribution in [0.1, 0.15) is 23.2 Å². The molecule has 1 aromatic rings. The molecule has 0 aromatic heterocycles. The van der Waals surface area contributed by atoms with Gasteiger partial charge in [0.2, 0.25) is 6.41 Å². The number of halogens is 1. The van der Waals surface area contributed by atoms with Crippen molar-refractivity contribution in [3.63, 3.8) is 0 Å². The predicted octanol–water partition coefficient (Wildman–Crippen LogP) is 2.09. The monoisotopic (exact) mass is 313 g/mol. The Labute approximate surface area is 113 Å². The minimum Gasteiger partial charge on any atom is -0.481 e. The first-order valence-corrected chi connectivity index (χ1v) is 6.06. The second-order valence-electron chi connectivity index (χ2n) is 3.62. The molecule has 1 N–H and O–H groups in total. The van der Waals surface area contributed by atoms with Crippen molar-refractivity contribution in [2.45, 2.75) is 12.8 Å². The van der Waals surface area contributed by atoms with Gasteiger partial charge in [0, 0.05) is 23.0 Å². The van der Waals surface area contributed by atoms with Crippen molar-refractivity contribution in [1.29, 1.82) is 0 Å². The maximum absolute atomic E-state index is 11.0. The average molecular weight is 314 g/mol. The van der Waals surface area contributed by atoms with Crippen LogP contribution in [0.4, 0.5) is 5.69 Å². The van der Waals surface area contributed by atoms with Gasteiger partial charge in [0.15, 0.2) is 6.29 Å². The van der Waals surface area contributed by atoms with Crippen molar-refractivity contribution in [3.8, 4) is 0 Å². The van der Waals surface area contributed by atoms with Crippen LogP contribution in [0, 0.1) is 0 Å². The van der Waals surface area contributed by atoms with Crippen LogP contribution < -0.4 is 4.90 Å². The molecule has 0 atom stereocenters. The molecule has 5 nitrogen and oxygen atoms in total. The summed E-state index contributed by atoms with van der Waals surface area (Å²) in [6.07, 6.45) is 1.58. The van der Waals surface area contributed by atoms with Crippen molar-refractivity contribution >= 4 is 40.3 Å². The minimum absolute atomic E-state index is 0.0166. The quantitative estimate of drug-likeness (QED) is 0.782. The van der Waals surface area contributed by atoms with Crippen LogP contribution in [0.3, 0.4) is 0 Å². The molecule has 0 aliphatic carbocycles. The molecule has 0 saturated carbocycles. The van der Waals surface area contributed by atoms with Gasteiger partial charge in [0.1, 0.15) is 0 Å². The van der Waals surface area contributed by atoms with Gasteiger partial charge in [-0.1, -0.05) is 15.9 Å². The smallest absolute Gasteiger partial charge is 0.303 e. The Bertz CT molecular complexity index is 461. The fraction of sp³-hybridized carbons (Fsp3) is 0.250. The maximum Gasteiger partial charge on any atom is 0.303 e. The lowest BCUT2D eigenvalue weighted by molar-refractivity contribution is -0.137. The Morgan fingerprint density at radius 3 is 2.67 bits per heavy atom. The largest absolute Gasteiger partial charge is 0.481 e. The van der Waals surface area contributed by atoms with E-state index in [4.69, 9.17) is 5.11 Å². The summed E-state index contributed by atoms with van der Waals surface area (Å²) in [6.45, 7) is 0.262. The van der Waals surface area contributed by atoms with Gasteiger partial charge in [0.25, 0.3) is 0 Å². The zero-order valence-electron chi connectivity index (χ0n) is 9.51. The Morgan fingerprint density at radius 2 is 2.11 bits per heavy atom. The number of rotatable bonds is 7. The molecule has 0 fully saturated rings. The van der Waals surface area contributed by atoms with E-state index in [-0.39, 0.29) is 13.0 Å². The van der Waals surface area contributed by atoms with Crippen LogP contribution >= 0.6 is 15.9 Å². The average Bonchev–Trinajstić information content (AvgIpc) is 2.34. The van der Waals surface area contributed by atoms with E-state index in [1.54, 1.807) is 18.2 Å². The first kappa shape index (κ1) is 14.4. The lowest BCUT2D eigenvalue weighted by Crippen LogP contribution is -2.24. The Balaban J connectivity index is 2.84. The van der Waals surface area contributed by atoms with Gasteiger partial charge >= 0.3 is 5.97 Å². The number of carbonyl (C=O) groups is 3. The number of benzene rings is 1. The molecule has 1 aromatic carbocycles. The molecule has 0 bridgehead atoms. The first-order chi connectivity index (χ1) is 8.58. The van der Waals surface area contributed by atoms with Gasteiger partial charge in [-0.3, -0.25) is 14.4 Å². The number of hydrogen-bond acceptors (Lipinski definition) is 3. The van der Waals surface area contributed by atoms with E-state index in [0.717, 1.165) is 4.47 Å². The number of amides is 1. The first-order valence-electron chi connectivity index (χ1n) is 5.27. The zero-order chi connectivity index (χ0) is 13.5. The van der Waals surface area contributed by atoms with Gasteiger partial charge in [-0.05, 0) is 24.6 Å². The highest BCUT2D eigenvalue weighted by Gasteiger charge is 2.11. The SMILES string of the molecule is O=Cc1cc(Br)ccc1N(C=O)CCCC(=O)O. The van der Waals surface area contributed by atoms with Crippen LogP contribution in [0.15, 0.2) is 22.7 Å². The van der Waals surface area contributed by atoms with E-state index in [2.05, 4.69) is 15.9 Å². The van der Waals surface area contributed by atoms with Crippen molar-refractivity contribution in [2.75, 3.05) is 11.4 Å². The molecule has 0 radical (unpaired) electrons. The van der Waals surface area contributed by atoms with Crippen molar-refractivity contribution in [1.82, 2.24) is 0 Å². The number of carboxylic acids is 1. The lowest BCUT2D eigenvalue weighted by atomic mass is 10.1. The molecule has 0 aliphatic heterocycles. The number of aldehydes is 1. The molecule has 0 spiro atoms. The zero-order valence-corrected chi connectivity index (χ0v) is 11.1. The molecule has 0 heterocycles. The fourth-order valence-electron chi connectivity index (χ4n) is 1.51. The summed E-state index contributed by atoms with van der Waals surface area (Å²) in [5.74, 6) is -0.910. The molecular weight excluding hydrogens is 302 g/mol. The van der Waals surface area contributed by atoms with E-state index in [1.807, 2.05) is 0 Å². The van der Waals surface area contributed by atoms with E-state index in [9.17, 15) is 14.4 Å². The van der Waals surface area contributed by atoms with Crippen molar-refractivity contribution < 1.29 is 19.5 Å². The molecule has 1 amide bonds. The standard InChI is InChI=1S/C12H12BrNO4/c13-10-3-4-11(9(6-10)7-15)14(8-16)5-1-2-12(17)18/h3-4,6-8H,1-2,5H2,(H,17,18). The third-order valence-corrected chi connectivity index (χ3v) is 2.84. The maximum atomic E-state index is 11.0. The molecule has 0 saturated heterocycles. The number of anilines is 1. The van der Waals surface area contributed by atoms with Gasteiger partial charge in [-0.25, -0.2) is 0 Å². The van der Waals surface area contributed by atoms with E-state index in [0.29, 0.717) is 30.4 Å². The van der Waals surface area contributed by atoms with Crippen LogP contribution in [-0.4, -0.2) is 30.3 Å². The molecule has 6 heteroatoms. The summed E-state index contributed by atoms with van der Waals surface area (Å²) >= 11 is 3.24. The second kappa shape index (κ2) is 6.90. The van der Waals surface area contributed by atoms with E-state index in [1.165, 1.54) is 4.90 Å². The highest BCUT2D eigenvalue weighted by molar-refractivity contribution is 9.10. The summed E-state index contributed by atoms with van der Waals surface area (Å²) in [5, 5.41) is 8.54. The molecule has 0 unspecified atom stereocenters. The number of aliphatic carboxylic acids is 1. The van der Waals surface area contributed by atoms with Gasteiger partial charge < -0.3 is 10.0 Å².